The summed E-state index contributed by atoms with van der Waals surface area (Å²) in [4.78, 5) is 15.2. The van der Waals surface area contributed by atoms with Gasteiger partial charge in [-0.1, -0.05) is 42.1 Å². The van der Waals surface area contributed by atoms with Gasteiger partial charge in [0.1, 0.15) is 13.2 Å². The third kappa shape index (κ3) is 4.31. The Kier molecular flexibility index (Phi) is 6.26. The number of hydrogen-bond acceptors (Lipinski definition) is 6. The van der Waals surface area contributed by atoms with Crippen LogP contribution in [-0.4, -0.2) is 51.1 Å². The average molecular weight is 465 g/mol. The fraction of sp³-hybridized carbons (Fsp3) is 0.400. The van der Waals surface area contributed by atoms with Gasteiger partial charge in [0.25, 0.3) is 0 Å². The van der Waals surface area contributed by atoms with Gasteiger partial charge in [-0.15, -0.1) is 10.2 Å². The van der Waals surface area contributed by atoms with Gasteiger partial charge in [-0.3, -0.25) is 4.79 Å². The van der Waals surface area contributed by atoms with Gasteiger partial charge in [0.05, 0.1) is 11.8 Å². The number of thioether (sulfide) groups is 1. The number of amides is 1. The first kappa shape index (κ1) is 21.8. The highest BCUT2D eigenvalue weighted by molar-refractivity contribution is 7.99. The first-order valence-electron chi connectivity index (χ1n) is 11.5. The van der Waals surface area contributed by atoms with E-state index >= 15 is 0 Å². The molecule has 2 aliphatic rings. The Morgan fingerprint density at radius 1 is 1.12 bits per heavy atom. The molecular formula is C25H28N4O3S. The lowest BCUT2D eigenvalue weighted by Gasteiger charge is -2.26. The van der Waals surface area contributed by atoms with Crippen molar-refractivity contribution in [2.45, 2.75) is 44.4 Å². The zero-order valence-corrected chi connectivity index (χ0v) is 19.8. The maximum Gasteiger partial charge on any atom is 0.233 e. The van der Waals surface area contributed by atoms with Crippen LogP contribution in [0.1, 0.15) is 36.9 Å². The van der Waals surface area contributed by atoms with Gasteiger partial charge in [0, 0.05) is 18.7 Å². The van der Waals surface area contributed by atoms with Gasteiger partial charge in [0.15, 0.2) is 22.5 Å². The predicted octanol–water partition coefficient (Wildman–Crippen LogP) is 4.50. The minimum Gasteiger partial charge on any atom is -0.486 e. The van der Waals surface area contributed by atoms with Crippen LogP contribution in [0.2, 0.25) is 0 Å². The molecule has 1 fully saturated rings. The largest absolute Gasteiger partial charge is 0.486 e. The minimum absolute atomic E-state index is 0.0699. The third-order valence-electron chi connectivity index (χ3n) is 6.27. The van der Waals surface area contributed by atoms with Crippen molar-refractivity contribution in [2.24, 2.45) is 0 Å². The lowest BCUT2D eigenvalue weighted by Crippen LogP contribution is -2.32. The number of ether oxygens (including phenoxy) is 2. The van der Waals surface area contributed by atoms with Crippen molar-refractivity contribution in [3.8, 4) is 22.9 Å². The topological polar surface area (TPSA) is 69.5 Å². The number of benzene rings is 2. The molecule has 172 valence electrons. The van der Waals surface area contributed by atoms with E-state index < -0.39 is 0 Å². The van der Waals surface area contributed by atoms with E-state index in [-0.39, 0.29) is 11.9 Å². The summed E-state index contributed by atoms with van der Waals surface area (Å²) in [5.74, 6) is 2.86. The number of carbonyl (C=O) groups is 1. The summed E-state index contributed by atoms with van der Waals surface area (Å²) in [7, 11) is 0. The van der Waals surface area contributed by atoms with E-state index in [1.807, 2.05) is 29.2 Å². The Bertz CT molecular complexity index is 1160. The summed E-state index contributed by atoms with van der Waals surface area (Å²) >= 11 is 1.46. The molecule has 2 aromatic carbocycles. The molecule has 1 aromatic heterocycles. The first-order chi connectivity index (χ1) is 16.2. The molecule has 1 amide bonds. The van der Waals surface area contributed by atoms with Gasteiger partial charge in [0.2, 0.25) is 5.91 Å². The molecule has 7 nitrogen and oxygen atoms in total. The van der Waals surface area contributed by atoms with E-state index in [2.05, 4.69) is 46.8 Å². The minimum atomic E-state index is 0.0699. The summed E-state index contributed by atoms with van der Waals surface area (Å²) in [6.07, 6.45) is 1.96. The average Bonchev–Trinajstić information content (AvgIpc) is 3.50. The fourth-order valence-corrected chi connectivity index (χ4v) is 5.48. The molecule has 2 aliphatic heterocycles. The highest BCUT2D eigenvalue weighted by Crippen LogP contribution is 2.38. The van der Waals surface area contributed by atoms with Crippen molar-refractivity contribution < 1.29 is 14.3 Å². The Labute approximate surface area is 198 Å². The quantitative estimate of drug-likeness (QED) is 0.501. The molecular weight excluding hydrogens is 436 g/mol. The van der Waals surface area contributed by atoms with Gasteiger partial charge in [-0.05, 0) is 49.9 Å². The normalized spacial score (nSPS) is 17.4. The van der Waals surface area contributed by atoms with Crippen molar-refractivity contribution >= 4 is 17.7 Å². The molecule has 0 saturated carbocycles. The monoisotopic (exact) mass is 464 g/mol. The molecule has 0 N–H and O–H groups in total. The third-order valence-corrected chi connectivity index (χ3v) is 7.22. The van der Waals surface area contributed by atoms with E-state index in [0.29, 0.717) is 19.0 Å². The molecule has 0 radical (unpaired) electrons. The number of likely N-dealkylation sites (tertiary alicyclic amines) is 1. The summed E-state index contributed by atoms with van der Waals surface area (Å²) in [6, 6.07) is 14.3. The second kappa shape index (κ2) is 9.47. The van der Waals surface area contributed by atoms with Crippen molar-refractivity contribution in [2.75, 3.05) is 25.5 Å². The number of hydrogen-bond donors (Lipinski definition) is 0. The predicted molar refractivity (Wildman–Crippen MR) is 128 cm³/mol. The smallest absolute Gasteiger partial charge is 0.233 e. The van der Waals surface area contributed by atoms with Crippen LogP contribution in [0.25, 0.3) is 11.4 Å². The summed E-state index contributed by atoms with van der Waals surface area (Å²) < 4.78 is 13.5. The van der Waals surface area contributed by atoms with E-state index in [0.717, 1.165) is 65.1 Å². The standard InChI is InChI=1S/C25H28N4O3S/c1-3-28-24(19-8-5-4-7-17(19)2)26-27-25(28)33-16-23(30)29-12-6-9-20(29)18-10-11-21-22(15-18)32-14-13-31-21/h4-5,7-8,10-11,15,20H,3,6,9,12-14,16H2,1-2H3/t20-/m0/s1. The van der Waals surface area contributed by atoms with Crippen LogP contribution in [0, 0.1) is 6.92 Å². The SMILES string of the molecule is CCn1c(SCC(=O)N2CCC[C@H]2c2ccc3c(c2)OCCO3)nnc1-c1ccccc1C. The zero-order chi connectivity index (χ0) is 22.8. The first-order valence-corrected chi connectivity index (χ1v) is 12.4. The number of nitrogens with zero attached hydrogens (tertiary/aromatic N) is 4. The lowest BCUT2D eigenvalue weighted by molar-refractivity contribution is -0.129. The van der Waals surface area contributed by atoms with Crippen LogP contribution in [0.3, 0.4) is 0 Å². The molecule has 0 spiro atoms. The Balaban J connectivity index is 1.30. The Hall–Kier alpha value is -3.00. The summed E-state index contributed by atoms with van der Waals surface area (Å²) in [5, 5.41) is 9.62. The van der Waals surface area contributed by atoms with Gasteiger partial charge in [-0.2, -0.15) is 0 Å². The molecule has 3 aromatic rings. The van der Waals surface area contributed by atoms with Crippen molar-refractivity contribution in [3.63, 3.8) is 0 Å². The number of aryl methyl sites for hydroxylation is 1. The Morgan fingerprint density at radius 2 is 1.94 bits per heavy atom. The van der Waals surface area contributed by atoms with Crippen LogP contribution in [0.5, 0.6) is 11.5 Å². The molecule has 33 heavy (non-hydrogen) atoms. The maximum absolute atomic E-state index is 13.2. The molecule has 0 bridgehead atoms. The highest BCUT2D eigenvalue weighted by atomic mass is 32.2. The van der Waals surface area contributed by atoms with Gasteiger partial charge < -0.3 is 18.9 Å². The second-order valence-electron chi connectivity index (χ2n) is 8.30. The molecule has 0 unspecified atom stereocenters. The van der Waals surface area contributed by atoms with Crippen LogP contribution in [-0.2, 0) is 11.3 Å². The summed E-state index contributed by atoms with van der Waals surface area (Å²) in [6.45, 7) is 6.81. The van der Waals surface area contributed by atoms with Crippen LogP contribution in [0.4, 0.5) is 0 Å². The van der Waals surface area contributed by atoms with Crippen molar-refractivity contribution in [1.82, 2.24) is 19.7 Å². The zero-order valence-electron chi connectivity index (χ0n) is 19.0. The molecule has 5 rings (SSSR count). The van der Waals surface area contributed by atoms with E-state index in [9.17, 15) is 4.79 Å². The fourth-order valence-electron chi connectivity index (χ4n) is 4.59. The van der Waals surface area contributed by atoms with Crippen LogP contribution < -0.4 is 9.47 Å². The number of carbonyl (C=O) groups excluding carboxylic acids is 1. The number of rotatable bonds is 6. The van der Waals surface area contributed by atoms with Crippen molar-refractivity contribution in [1.29, 1.82) is 0 Å². The van der Waals surface area contributed by atoms with Crippen molar-refractivity contribution in [3.05, 3.63) is 53.6 Å². The van der Waals surface area contributed by atoms with E-state index in [1.54, 1.807) is 0 Å². The highest BCUT2D eigenvalue weighted by Gasteiger charge is 2.31. The molecule has 1 atom stereocenters. The van der Waals surface area contributed by atoms with Gasteiger partial charge >= 0.3 is 0 Å². The summed E-state index contributed by atoms with van der Waals surface area (Å²) in [5.41, 5.74) is 3.34. The number of fused-ring (bicyclic) bond motifs is 1. The van der Waals surface area contributed by atoms with E-state index in [1.165, 1.54) is 11.8 Å². The number of aromatic nitrogens is 3. The van der Waals surface area contributed by atoms with Crippen LogP contribution in [0.15, 0.2) is 47.6 Å². The second-order valence-corrected chi connectivity index (χ2v) is 9.24. The van der Waals surface area contributed by atoms with E-state index in [4.69, 9.17) is 9.47 Å². The molecule has 3 heterocycles. The van der Waals surface area contributed by atoms with Crippen LogP contribution >= 0.6 is 11.8 Å². The van der Waals surface area contributed by atoms with Gasteiger partial charge in [-0.25, -0.2) is 0 Å². The Morgan fingerprint density at radius 3 is 2.76 bits per heavy atom. The molecule has 1 saturated heterocycles. The maximum atomic E-state index is 13.2. The lowest BCUT2D eigenvalue weighted by atomic mass is 10.0. The molecule has 0 aliphatic carbocycles. The molecule has 8 heteroatoms.